The molecule has 0 atom stereocenters. The number of carbonyl (C=O) groups excluding carboxylic acids is 1. The van der Waals surface area contributed by atoms with Gasteiger partial charge in [-0.2, -0.15) is 0 Å². The van der Waals surface area contributed by atoms with Crippen LogP contribution in [0, 0.1) is 6.92 Å². The molecule has 0 N–H and O–H groups in total. The van der Waals surface area contributed by atoms with Crippen LogP contribution in [0.5, 0.6) is 0 Å². The molecule has 76 valence electrons. The fourth-order valence-corrected chi connectivity index (χ4v) is 1.49. The second-order valence-electron chi connectivity index (χ2n) is 3.53. The average molecular weight is 200 g/mol. The number of hydrogen-bond donors (Lipinski definition) is 0. The quantitative estimate of drug-likeness (QED) is 0.743. The molecule has 0 fully saturated rings. The van der Waals surface area contributed by atoms with Crippen LogP contribution in [0.3, 0.4) is 0 Å². The fraction of sp³-hybridized carbons (Fsp3) is 0.167. The van der Waals surface area contributed by atoms with Gasteiger partial charge in [-0.3, -0.25) is 9.36 Å². The van der Waals surface area contributed by atoms with Gasteiger partial charge in [-0.25, -0.2) is 4.98 Å². The van der Waals surface area contributed by atoms with E-state index in [0.717, 1.165) is 5.56 Å². The van der Waals surface area contributed by atoms with Crippen LogP contribution in [-0.4, -0.2) is 15.5 Å². The topological polar surface area (TPSA) is 34.9 Å². The second kappa shape index (κ2) is 4.09. The molecule has 0 radical (unpaired) electrons. The zero-order valence-corrected chi connectivity index (χ0v) is 8.55. The molecule has 0 unspecified atom stereocenters. The summed E-state index contributed by atoms with van der Waals surface area (Å²) in [5.41, 5.74) is 2.21. The summed E-state index contributed by atoms with van der Waals surface area (Å²) in [6, 6.07) is 7.97. The van der Waals surface area contributed by atoms with Gasteiger partial charge in [0.2, 0.25) is 5.91 Å². The Morgan fingerprint density at radius 3 is 3.00 bits per heavy atom. The third-order valence-corrected chi connectivity index (χ3v) is 2.23. The van der Waals surface area contributed by atoms with Crippen molar-refractivity contribution >= 4 is 5.91 Å². The van der Waals surface area contributed by atoms with Crippen molar-refractivity contribution in [1.29, 1.82) is 0 Å². The van der Waals surface area contributed by atoms with Gasteiger partial charge >= 0.3 is 0 Å². The predicted octanol–water partition coefficient (Wildman–Crippen LogP) is 2.07. The molecule has 3 heteroatoms. The molecule has 0 bridgehead atoms. The van der Waals surface area contributed by atoms with Gasteiger partial charge in [0.1, 0.15) is 6.33 Å². The third-order valence-electron chi connectivity index (χ3n) is 2.23. The standard InChI is InChI=1S/C12H12N2O/c1-10-3-2-4-11(7-10)8-12(15)14-6-5-13-9-14/h2-7,9H,8H2,1H3. The molecular weight excluding hydrogens is 188 g/mol. The van der Waals surface area contributed by atoms with E-state index in [0.29, 0.717) is 6.42 Å². The van der Waals surface area contributed by atoms with Crippen molar-refractivity contribution in [2.75, 3.05) is 0 Å². The Kier molecular flexibility index (Phi) is 2.63. The van der Waals surface area contributed by atoms with Crippen LogP contribution >= 0.6 is 0 Å². The lowest BCUT2D eigenvalue weighted by Gasteiger charge is -2.02. The maximum Gasteiger partial charge on any atom is 0.236 e. The van der Waals surface area contributed by atoms with Crippen molar-refractivity contribution in [1.82, 2.24) is 9.55 Å². The van der Waals surface area contributed by atoms with Crippen LogP contribution in [0.1, 0.15) is 15.9 Å². The number of carbonyl (C=O) groups is 1. The summed E-state index contributed by atoms with van der Waals surface area (Å²) >= 11 is 0. The number of benzene rings is 1. The summed E-state index contributed by atoms with van der Waals surface area (Å²) in [6.45, 7) is 2.02. The Balaban J connectivity index is 2.13. The molecule has 0 saturated carbocycles. The van der Waals surface area contributed by atoms with Crippen molar-refractivity contribution in [2.45, 2.75) is 13.3 Å². The Bertz CT molecular complexity index is 460. The Morgan fingerprint density at radius 2 is 2.33 bits per heavy atom. The summed E-state index contributed by atoms with van der Waals surface area (Å²) in [5, 5.41) is 0. The molecule has 0 amide bonds. The van der Waals surface area contributed by atoms with E-state index in [-0.39, 0.29) is 5.91 Å². The molecule has 0 spiro atoms. The summed E-state index contributed by atoms with van der Waals surface area (Å²) in [6.07, 6.45) is 5.21. The largest absolute Gasteiger partial charge is 0.276 e. The second-order valence-corrected chi connectivity index (χ2v) is 3.53. The number of aryl methyl sites for hydroxylation is 1. The maximum absolute atomic E-state index is 11.7. The highest BCUT2D eigenvalue weighted by Gasteiger charge is 2.04. The summed E-state index contributed by atoms with van der Waals surface area (Å²) in [4.78, 5) is 15.6. The van der Waals surface area contributed by atoms with Gasteiger partial charge in [-0.05, 0) is 12.5 Å². The predicted molar refractivity (Wildman–Crippen MR) is 57.7 cm³/mol. The van der Waals surface area contributed by atoms with Crippen LogP contribution in [0.15, 0.2) is 43.0 Å². The van der Waals surface area contributed by atoms with Gasteiger partial charge in [0.05, 0.1) is 6.42 Å². The molecule has 15 heavy (non-hydrogen) atoms. The fourth-order valence-electron chi connectivity index (χ4n) is 1.49. The SMILES string of the molecule is Cc1cccc(CC(=O)n2ccnc2)c1. The maximum atomic E-state index is 11.7. The lowest BCUT2D eigenvalue weighted by Crippen LogP contribution is -2.11. The van der Waals surface area contributed by atoms with Gasteiger partial charge < -0.3 is 0 Å². The van der Waals surface area contributed by atoms with E-state index in [2.05, 4.69) is 4.98 Å². The zero-order chi connectivity index (χ0) is 10.7. The molecule has 2 aromatic rings. The minimum absolute atomic E-state index is 0.0399. The van der Waals surface area contributed by atoms with E-state index in [1.54, 1.807) is 12.4 Å². The number of rotatable bonds is 2. The summed E-state index contributed by atoms with van der Waals surface area (Å²) in [5.74, 6) is 0.0399. The average Bonchev–Trinajstić information content (AvgIpc) is 2.70. The van der Waals surface area contributed by atoms with Crippen molar-refractivity contribution < 1.29 is 4.79 Å². The van der Waals surface area contributed by atoms with Crippen LogP contribution in [0.4, 0.5) is 0 Å². The normalized spacial score (nSPS) is 10.2. The molecule has 0 aliphatic rings. The first-order valence-electron chi connectivity index (χ1n) is 4.82. The summed E-state index contributed by atoms with van der Waals surface area (Å²) < 4.78 is 1.50. The van der Waals surface area contributed by atoms with E-state index in [4.69, 9.17) is 0 Å². The molecule has 1 aromatic carbocycles. The minimum Gasteiger partial charge on any atom is -0.276 e. The molecule has 0 aliphatic carbocycles. The van der Waals surface area contributed by atoms with Crippen molar-refractivity contribution in [2.24, 2.45) is 0 Å². The first kappa shape index (κ1) is 9.65. The molecular formula is C12H12N2O. The highest BCUT2D eigenvalue weighted by molar-refractivity contribution is 5.81. The third kappa shape index (κ3) is 2.31. The lowest BCUT2D eigenvalue weighted by molar-refractivity contribution is 0.0914. The van der Waals surface area contributed by atoms with Crippen molar-refractivity contribution in [3.8, 4) is 0 Å². The Labute approximate surface area is 88.4 Å². The summed E-state index contributed by atoms with van der Waals surface area (Å²) in [7, 11) is 0. The van der Waals surface area contributed by atoms with Crippen LogP contribution in [0.25, 0.3) is 0 Å². The van der Waals surface area contributed by atoms with Gasteiger partial charge in [0.25, 0.3) is 0 Å². The molecule has 1 heterocycles. The number of imidazole rings is 1. The van der Waals surface area contributed by atoms with E-state index in [1.807, 2.05) is 31.2 Å². The van der Waals surface area contributed by atoms with Gasteiger partial charge in [-0.1, -0.05) is 29.8 Å². The number of aromatic nitrogens is 2. The first-order chi connectivity index (χ1) is 7.25. The van der Waals surface area contributed by atoms with E-state index >= 15 is 0 Å². The van der Waals surface area contributed by atoms with Crippen LogP contribution in [-0.2, 0) is 6.42 Å². The van der Waals surface area contributed by atoms with E-state index in [9.17, 15) is 4.79 Å². The first-order valence-corrected chi connectivity index (χ1v) is 4.82. The van der Waals surface area contributed by atoms with Crippen LogP contribution < -0.4 is 0 Å². The Hall–Kier alpha value is -1.90. The molecule has 3 nitrogen and oxygen atoms in total. The molecule has 0 saturated heterocycles. The smallest absolute Gasteiger partial charge is 0.236 e. The molecule has 1 aromatic heterocycles. The highest BCUT2D eigenvalue weighted by atomic mass is 16.2. The van der Waals surface area contributed by atoms with E-state index < -0.39 is 0 Å². The Morgan fingerprint density at radius 1 is 1.47 bits per heavy atom. The van der Waals surface area contributed by atoms with E-state index in [1.165, 1.54) is 16.5 Å². The van der Waals surface area contributed by atoms with Gasteiger partial charge in [0.15, 0.2) is 0 Å². The van der Waals surface area contributed by atoms with Crippen LogP contribution in [0.2, 0.25) is 0 Å². The highest BCUT2D eigenvalue weighted by Crippen LogP contribution is 2.05. The minimum atomic E-state index is 0.0399. The number of nitrogens with zero attached hydrogens (tertiary/aromatic N) is 2. The molecule has 0 aliphatic heterocycles. The van der Waals surface area contributed by atoms with Crippen molar-refractivity contribution in [3.05, 3.63) is 54.1 Å². The molecule has 2 rings (SSSR count). The van der Waals surface area contributed by atoms with Crippen molar-refractivity contribution in [3.63, 3.8) is 0 Å². The van der Waals surface area contributed by atoms with Gasteiger partial charge in [0, 0.05) is 12.4 Å². The lowest BCUT2D eigenvalue weighted by atomic mass is 10.1. The number of hydrogen-bond acceptors (Lipinski definition) is 2. The van der Waals surface area contributed by atoms with Gasteiger partial charge in [-0.15, -0.1) is 0 Å². The monoisotopic (exact) mass is 200 g/mol. The zero-order valence-electron chi connectivity index (χ0n) is 8.55.